The van der Waals surface area contributed by atoms with Crippen molar-refractivity contribution in [1.29, 1.82) is 0 Å². The second-order valence-corrected chi connectivity index (χ2v) is 12.5. The maximum atomic E-state index is 13.1. The summed E-state index contributed by atoms with van der Waals surface area (Å²) in [4.78, 5) is 13.5. The number of nitrogens with zero attached hydrogens (tertiary/aromatic N) is 1. The highest BCUT2D eigenvalue weighted by atomic mass is 32.2. The van der Waals surface area contributed by atoms with E-state index in [0.29, 0.717) is 24.5 Å². The summed E-state index contributed by atoms with van der Waals surface area (Å²) in [6, 6.07) is 1.61. The standard InChI is InChI=1S/C21H30N2O3S2/c24-20(22-14-21-11-15-8-16(12-21)10-17(9-15)13-21)19-18(4-7-27-19)28(25,26)23-5-2-1-3-6-23/h4,7,15-17H,1-3,5-6,8-14H2,(H,22,24). The molecule has 0 spiro atoms. The number of amides is 1. The SMILES string of the molecule is O=C(NCC12CC3CC(CC(C3)C1)C2)c1sccc1S(=O)(=O)N1CCCCC1. The van der Waals surface area contributed by atoms with Crippen LogP contribution in [0.3, 0.4) is 0 Å². The molecule has 1 saturated heterocycles. The molecule has 1 N–H and O–H groups in total. The van der Waals surface area contributed by atoms with Gasteiger partial charge in [0.25, 0.3) is 5.91 Å². The minimum atomic E-state index is -3.57. The van der Waals surface area contributed by atoms with Gasteiger partial charge in [-0.15, -0.1) is 11.3 Å². The summed E-state index contributed by atoms with van der Waals surface area (Å²) in [6.07, 6.45) is 10.7. The predicted octanol–water partition coefficient (Wildman–Crippen LogP) is 3.87. The van der Waals surface area contributed by atoms with Crippen LogP contribution in [-0.2, 0) is 10.0 Å². The summed E-state index contributed by atoms with van der Waals surface area (Å²) in [7, 11) is -3.57. The molecular formula is C21H30N2O3S2. The summed E-state index contributed by atoms with van der Waals surface area (Å²) in [6.45, 7) is 1.83. The molecule has 0 radical (unpaired) electrons. The van der Waals surface area contributed by atoms with Crippen LogP contribution in [0.1, 0.15) is 67.5 Å². The molecule has 6 rings (SSSR count). The molecule has 7 heteroatoms. The van der Waals surface area contributed by atoms with Crippen LogP contribution in [0.5, 0.6) is 0 Å². The van der Waals surface area contributed by atoms with E-state index in [-0.39, 0.29) is 16.2 Å². The molecule has 4 saturated carbocycles. The highest BCUT2D eigenvalue weighted by molar-refractivity contribution is 7.89. The number of thiophene rings is 1. The molecule has 5 fully saturated rings. The van der Waals surface area contributed by atoms with Crippen molar-refractivity contribution in [2.75, 3.05) is 19.6 Å². The predicted molar refractivity (Wildman–Crippen MR) is 110 cm³/mol. The average Bonchev–Trinajstić information content (AvgIpc) is 3.17. The Morgan fingerprint density at radius 2 is 1.68 bits per heavy atom. The highest BCUT2D eigenvalue weighted by Gasteiger charge is 2.50. The first-order chi connectivity index (χ1) is 13.5. The topological polar surface area (TPSA) is 66.5 Å². The van der Waals surface area contributed by atoms with Crippen molar-refractivity contribution in [3.63, 3.8) is 0 Å². The normalized spacial score (nSPS) is 35.2. The first-order valence-electron chi connectivity index (χ1n) is 10.8. The Labute approximate surface area is 171 Å². The summed E-state index contributed by atoms with van der Waals surface area (Å²) in [5.41, 5.74) is 0.258. The summed E-state index contributed by atoms with van der Waals surface area (Å²) >= 11 is 1.25. The van der Waals surface area contributed by atoms with Crippen molar-refractivity contribution in [2.45, 2.75) is 62.7 Å². The first-order valence-corrected chi connectivity index (χ1v) is 13.1. The Hall–Kier alpha value is -0.920. The van der Waals surface area contributed by atoms with Crippen LogP contribution in [0.15, 0.2) is 16.3 Å². The Morgan fingerprint density at radius 3 is 2.29 bits per heavy atom. The van der Waals surface area contributed by atoms with E-state index >= 15 is 0 Å². The maximum absolute atomic E-state index is 13.1. The minimum Gasteiger partial charge on any atom is -0.351 e. The van der Waals surface area contributed by atoms with E-state index in [0.717, 1.165) is 37.0 Å². The summed E-state index contributed by atoms with van der Waals surface area (Å²) in [5, 5.41) is 4.88. The van der Waals surface area contributed by atoms with E-state index in [2.05, 4.69) is 5.32 Å². The van der Waals surface area contributed by atoms with Gasteiger partial charge in [-0.3, -0.25) is 4.79 Å². The Morgan fingerprint density at radius 1 is 1.07 bits per heavy atom. The van der Waals surface area contributed by atoms with Crippen LogP contribution in [0.2, 0.25) is 0 Å². The third kappa shape index (κ3) is 3.33. The van der Waals surface area contributed by atoms with Gasteiger partial charge in [-0.05, 0) is 86.0 Å². The minimum absolute atomic E-state index is 0.197. The molecule has 2 heterocycles. The molecule has 154 valence electrons. The smallest absolute Gasteiger partial charge is 0.262 e. The zero-order chi connectivity index (χ0) is 19.4. The molecule has 1 amide bonds. The van der Waals surface area contributed by atoms with Gasteiger partial charge in [0.2, 0.25) is 10.0 Å². The molecule has 0 unspecified atom stereocenters. The van der Waals surface area contributed by atoms with Gasteiger partial charge < -0.3 is 5.32 Å². The third-order valence-electron chi connectivity index (χ3n) is 7.56. The highest BCUT2D eigenvalue weighted by Crippen LogP contribution is 2.59. The fraction of sp³-hybridized carbons (Fsp3) is 0.762. The number of carbonyl (C=O) groups is 1. The number of hydrogen-bond acceptors (Lipinski definition) is 4. The second kappa shape index (κ2) is 7.10. The van der Waals surface area contributed by atoms with Gasteiger partial charge in [-0.2, -0.15) is 4.31 Å². The number of nitrogens with one attached hydrogen (secondary N) is 1. The molecule has 4 aliphatic carbocycles. The molecule has 1 aliphatic heterocycles. The molecule has 4 bridgehead atoms. The Kier molecular flexibility index (Phi) is 4.83. The number of hydrogen-bond donors (Lipinski definition) is 1. The largest absolute Gasteiger partial charge is 0.351 e. The molecule has 0 atom stereocenters. The van der Waals surface area contributed by atoms with E-state index in [4.69, 9.17) is 0 Å². The van der Waals surface area contributed by atoms with Gasteiger partial charge in [0.05, 0.1) is 0 Å². The number of carbonyl (C=O) groups excluding carboxylic acids is 1. The number of sulfonamides is 1. The maximum Gasteiger partial charge on any atom is 0.262 e. The van der Waals surface area contributed by atoms with Crippen LogP contribution in [-0.4, -0.2) is 38.3 Å². The zero-order valence-electron chi connectivity index (χ0n) is 16.4. The number of piperidine rings is 1. The van der Waals surface area contributed by atoms with Crippen LogP contribution in [0, 0.1) is 23.2 Å². The Balaban J connectivity index is 1.30. The zero-order valence-corrected chi connectivity index (χ0v) is 18.0. The molecule has 5 aliphatic rings. The lowest BCUT2D eigenvalue weighted by molar-refractivity contribution is -0.0503. The molecule has 5 nitrogen and oxygen atoms in total. The first kappa shape index (κ1) is 19.1. The van der Waals surface area contributed by atoms with E-state index in [1.807, 2.05) is 0 Å². The van der Waals surface area contributed by atoms with Crippen LogP contribution in [0.4, 0.5) is 0 Å². The van der Waals surface area contributed by atoms with Gasteiger partial charge >= 0.3 is 0 Å². The second-order valence-electron chi connectivity index (χ2n) is 9.68. The molecule has 1 aromatic heterocycles. The van der Waals surface area contributed by atoms with E-state index in [1.54, 1.807) is 15.8 Å². The van der Waals surface area contributed by atoms with Crippen molar-refractivity contribution in [1.82, 2.24) is 9.62 Å². The lowest BCUT2D eigenvalue weighted by Gasteiger charge is -2.56. The van der Waals surface area contributed by atoms with Crippen molar-refractivity contribution < 1.29 is 13.2 Å². The van der Waals surface area contributed by atoms with Crippen LogP contribution in [0.25, 0.3) is 0 Å². The van der Waals surface area contributed by atoms with Crippen molar-refractivity contribution in [3.8, 4) is 0 Å². The van der Waals surface area contributed by atoms with Crippen LogP contribution >= 0.6 is 11.3 Å². The summed E-state index contributed by atoms with van der Waals surface area (Å²) in [5.74, 6) is 2.33. The lowest BCUT2D eigenvalue weighted by atomic mass is 9.49. The Bertz CT molecular complexity index is 819. The average molecular weight is 423 g/mol. The monoisotopic (exact) mass is 422 g/mol. The van der Waals surface area contributed by atoms with Gasteiger partial charge in [0.15, 0.2) is 0 Å². The van der Waals surface area contributed by atoms with Gasteiger partial charge in [-0.1, -0.05) is 6.42 Å². The van der Waals surface area contributed by atoms with Crippen molar-refractivity contribution in [2.24, 2.45) is 23.2 Å². The fourth-order valence-electron chi connectivity index (χ4n) is 6.77. The van der Waals surface area contributed by atoms with E-state index in [1.165, 1.54) is 49.9 Å². The van der Waals surface area contributed by atoms with E-state index in [9.17, 15) is 13.2 Å². The molecule has 0 aromatic carbocycles. The molecule has 1 aromatic rings. The fourth-order valence-corrected chi connectivity index (χ4v) is 9.60. The van der Waals surface area contributed by atoms with Crippen molar-refractivity contribution in [3.05, 3.63) is 16.3 Å². The lowest BCUT2D eigenvalue weighted by Crippen LogP contribution is -2.51. The van der Waals surface area contributed by atoms with Gasteiger partial charge in [-0.25, -0.2) is 8.42 Å². The number of rotatable bonds is 5. The van der Waals surface area contributed by atoms with Gasteiger partial charge in [0, 0.05) is 19.6 Å². The van der Waals surface area contributed by atoms with Gasteiger partial charge in [0.1, 0.15) is 9.77 Å². The van der Waals surface area contributed by atoms with E-state index < -0.39 is 10.0 Å². The van der Waals surface area contributed by atoms with Crippen LogP contribution < -0.4 is 5.32 Å². The third-order valence-corrected chi connectivity index (χ3v) is 10.5. The molecular weight excluding hydrogens is 392 g/mol. The van der Waals surface area contributed by atoms with Crippen molar-refractivity contribution >= 4 is 27.3 Å². The quantitative estimate of drug-likeness (QED) is 0.783. The summed E-state index contributed by atoms with van der Waals surface area (Å²) < 4.78 is 27.7. The molecule has 28 heavy (non-hydrogen) atoms.